The zero-order chi connectivity index (χ0) is 19.8. The number of nitrogens with one attached hydrogen (secondary N) is 1. The van der Waals surface area contributed by atoms with E-state index in [-0.39, 0.29) is 4.90 Å². The molecule has 0 bridgehead atoms. The van der Waals surface area contributed by atoms with Gasteiger partial charge >= 0.3 is 0 Å². The van der Waals surface area contributed by atoms with Crippen LogP contribution in [-0.4, -0.2) is 8.42 Å². The number of hydrogen-bond acceptors (Lipinski definition) is 3. The topological polar surface area (TPSA) is 55.4 Å². The quantitative estimate of drug-likeness (QED) is 0.478. The van der Waals surface area contributed by atoms with Gasteiger partial charge in [-0.25, -0.2) is 8.42 Å². The van der Waals surface area contributed by atoms with Crippen LogP contribution in [-0.2, 0) is 22.9 Å². The molecular formula is C24H19NO3S. The third kappa shape index (κ3) is 3.34. The molecule has 5 rings (SSSR count). The highest BCUT2D eigenvalue weighted by molar-refractivity contribution is 7.92. The Morgan fingerprint density at radius 1 is 0.690 bits per heavy atom. The first-order valence-electron chi connectivity index (χ1n) is 9.49. The van der Waals surface area contributed by atoms with Crippen LogP contribution in [0.2, 0.25) is 0 Å². The van der Waals surface area contributed by atoms with Gasteiger partial charge < -0.3 is 4.74 Å². The first-order chi connectivity index (χ1) is 14.1. The largest absolute Gasteiger partial charge is 0.457 e. The monoisotopic (exact) mass is 401 g/mol. The predicted octanol–water partition coefficient (Wildman–Crippen LogP) is 5.53. The molecule has 0 saturated carbocycles. The van der Waals surface area contributed by atoms with E-state index in [0.717, 1.165) is 18.2 Å². The van der Waals surface area contributed by atoms with Gasteiger partial charge in [-0.1, -0.05) is 42.5 Å². The molecular weight excluding hydrogens is 382 g/mol. The van der Waals surface area contributed by atoms with E-state index < -0.39 is 10.0 Å². The molecule has 4 aromatic rings. The Bertz CT molecular complexity index is 1290. The van der Waals surface area contributed by atoms with Gasteiger partial charge in [-0.15, -0.1) is 0 Å². The molecule has 5 heteroatoms. The molecule has 0 saturated heterocycles. The van der Waals surface area contributed by atoms with Gasteiger partial charge in [0.15, 0.2) is 0 Å². The molecule has 1 aliphatic rings. The fourth-order valence-corrected chi connectivity index (χ4v) is 4.93. The van der Waals surface area contributed by atoms with E-state index in [2.05, 4.69) is 10.8 Å². The molecule has 0 radical (unpaired) electrons. The maximum Gasteiger partial charge on any atom is 0.261 e. The second-order valence-electron chi connectivity index (χ2n) is 7.10. The van der Waals surface area contributed by atoms with Crippen LogP contribution < -0.4 is 9.46 Å². The van der Waals surface area contributed by atoms with Gasteiger partial charge in [-0.3, -0.25) is 4.72 Å². The van der Waals surface area contributed by atoms with Crippen LogP contribution in [0.5, 0.6) is 11.5 Å². The van der Waals surface area contributed by atoms with Gasteiger partial charge in [-0.05, 0) is 71.8 Å². The average Bonchev–Trinajstić information content (AvgIpc) is 3.16. The summed E-state index contributed by atoms with van der Waals surface area (Å²) in [6.07, 6.45) is 2.01. The minimum absolute atomic E-state index is 0.196. The third-order valence-corrected chi connectivity index (χ3v) is 6.62. The molecule has 4 nitrogen and oxygen atoms in total. The number of aryl methyl sites for hydroxylation is 2. The van der Waals surface area contributed by atoms with Gasteiger partial charge in [0.1, 0.15) is 11.5 Å². The van der Waals surface area contributed by atoms with Crippen LogP contribution in [0, 0.1) is 0 Å². The second kappa shape index (κ2) is 6.94. The van der Waals surface area contributed by atoms with Crippen molar-refractivity contribution in [3.05, 3.63) is 96.1 Å². The summed E-state index contributed by atoms with van der Waals surface area (Å²) in [7, 11) is -3.71. The SMILES string of the molecule is O=S(=O)(Nc1ccc2c3c(cccc13)CC2)c1ccc(Oc2ccccc2)cc1. The summed E-state index contributed by atoms with van der Waals surface area (Å²) >= 11 is 0. The number of ether oxygens (including phenoxy) is 1. The minimum Gasteiger partial charge on any atom is -0.457 e. The second-order valence-corrected chi connectivity index (χ2v) is 8.79. The number of rotatable bonds is 5. The zero-order valence-corrected chi connectivity index (χ0v) is 16.4. The highest BCUT2D eigenvalue weighted by Crippen LogP contribution is 2.36. The Morgan fingerprint density at radius 3 is 2.14 bits per heavy atom. The highest BCUT2D eigenvalue weighted by Gasteiger charge is 2.19. The molecule has 0 amide bonds. The summed E-state index contributed by atoms with van der Waals surface area (Å²) in [5, 5.41) is 2.13. The lowest BCUT2D eigenvalue weighted by Crippen LogP contribution is -2.13. The summed E-state index contributed by atoms with van der Waals surface area (Å²) in [5.74, 6) is 1.29. The molecule has 1 aliphatic carbocycles. The van der Waals surface area contributed by atoms with E-state index in [4.69, 9.17) is 4.74 Å². The van der Waals surface area contributed by atoms with Gasteiger partial charge in [-0.2, -0.15) is 0 Å². The first-order valence-corrected chi connectivity index (χ1v) is 11.0. The number of benzene rings is 4. The molecule has 0 atom stereocenters. The molecule has 0 spiro atoms. The molecule has 0 heterocycles. The van der Waals surface area contributed by atoms with Gasteiger partial charge in [0, 0.05) is 5.39 Å². The summed E-state index contributed by atoms with van der Waals surface area (Å²) in [6, 6.07) is 25.8. The van der Waals surface area contributed by atoms with Crippen molar-refractivity contribution in [2.45, 2.75) is 17.7 Å². The molecule has 0 unspecified atom stereocenters. The summed E-state index contributed by atoms with van der Waals surface area (Å²) in [5.41, 5.74) is 3.17. The van der Waals surface area contributed by atoms with E-state index in [1.54, 1.807) is 24.3 Å². The van der Waals surface area contributed by atoms with Crippen molar-refractivity contribution in [1.29, 1.82) is 0 Å². The number of para-hydroxylation sites is 1. The molecule has 0 aliphatic heterocycles. The Kier molecular flexibility index (Phi) is 4.25. The van der Waals surface area contributed by atoms with Crippen LogP contribution in [0.3, 0.4) is 0 Å². The van der Waals surface area contributed by atoms with Crippen LogP contribution >= 0.6 is 0 Å². The van der Waals surface area contributed by atoms with E-state index >= 15 is 0 Å². The Balaban J connectivity index is 1.43. The summed E-state index contributed by atoms with van der Waals surface area (Å²) in [6.45, 7) is 0. The molecule has 4 aromatic carbocycles. The van der Waals surface area contributed by atoms with E-state index in [1.165, 1.54) is 16.5 Å². The van der Waals surface area contributed by atoms with Crippen molar-refractivity contribution in [2.24, 2.45) is 0 Å². The van der Waals surface area contributed by atoms with Gasteiger partial charge in [0.25, 0.3) is 10.0 Å². The van der Waals surface area contributed by atoms with Crippen LogP contribution in [0.25, 0.3) is 10.8 Å². The van der Waals surface area contributed by atoms with Crippen molar-refractivity contribution in [2.75, 3.05) is 4.72 Å². The van der Waals surface area contributed by atoms with Gasteiger partial charge in [0.05, 0.1) is 10.6 Å². The van der Waals surface area contributed by atoms with E-state index in [1.807, 2.05) is 54.6 Å². The smallest absolute Gasteiger partial charge is 0.261 e. The van der Waals surface area contributed by atoms with Crippen LogP contribution in [0.1, 0.15) is 11.1 Å². The molecule has 0 fully saturated rings. The van der Waals surface area contributed by atoms with Crippen molar-refractivity contribution in [3.63, 3.8) is 0 Å². The third-order valence-electron chi connectivity index (χ3n) is 5.23. The van der Waals surface area contributed by atoms with Crippen LogP contribution in [0.4, 0.5) is 5.69 Å². The normalized spacial score (nSPS) is 12.8. The lowest BCUT2D eigenvalue weighted by atomic mass is 10.0. The number of sulfonamides is 1. The molecule has 144 valence electrons. The Hall–Kier alpha value is -3.31. The predicted molar refractivity (Wildman–Crippen MR) is 115 cm³/mol. The Morgan fingerprint density at radius 2 is 1.38 bits per heavy atom. The standard InChI is InChI=1S/C24H19NO3S/c26-29(27,21-14-12-20(13-15-21)28-19-6-2-1-3-7-19)25-23-16-11-18-10-9-17-5-4-8-22(23)24(17)18/h1-8,11-16,25H,9-10H2. The van der Waals surface area contributed by atoms with Crippen molar-refractivity contribution < 1.29 is 13.2 Å². The minimum atomic E-state index is -3.71. The van der Waals surface area contributed by atoms with Gasteiger partial charge in [0.2, 0.25) is 0 Å². The fourth-order valence-electron chi connectivity index (χ4n) is 3.85. The van der Waals surface area contributed by atoms with Crippen LogP contribution in [0.15, 0.2) is 89.8 Å². The highest BCUT2D eigenvalue weighted by atomic mass is 32.2. The fraction of sp³-hybridized carbons (Fsp3) is 0.0833. The molecule has 29 heavy (non-hydrogen) atoms. The van der Waals surface area contributed by atoms with Crippen molar-refractivity contribution in [3.8, 4) is 11.5 Å². The molecule has 1 N–H and O–H groups in total. The summed E-state index contributed by atoms with van der Waals surface area (Å²) in [4.78, 5) is 0.196. The average molecular weight is 401 g/mol. The number of anilines is 1. The number of hydrogen-bond donors (Lipinski definition) is 1. The lowest BCUT2D eigenvalue weighted by molar-refractivity contribution is 0.482. The maximum atomic E-state index is 12.9. The Labute approximate surface area is 169 Å². The van der Waals surface area contributed by atoms with Crippen molar-refractivity contribution >= 4 is 26.5 Å². The van der Waals surface area contributed by atoms with E-state index in [9.17, 15) is 8.42 Å². The van der Waals surface area contributed by atoms with E-state index in [0.29, 0.717) is 17.2 Å². The van der Waals surface area contributed by atoms with Crippen molar-refractivity contribution in [1.82, 2.24) is 0 Å². The molecule has 0 aromatic heterocycles. The maximum absolute atomic E-state index is 12.9. The first kappa shape index (κ1) is 17.8. The summed E-state index contributed by atoms with van der Waals surface area (Å²) < 4.78 is 34.4. The zero-order valence-electron chi connectivity index (χ0n) is 15.6. The lowest BCUT2D eigenvalue weighted by Gasteiger charge is -2.13.